The molecule has 0 aliphatic carbocycles. The first-order valence-corrected chi connectivity index (χ1v) is 4.49. The van der Waals surface area contributed by atoms with Crippen LogP contribution in [0.2, 0.25) is 0 Å². The summed E-state index contributed by atoms with van der Waals surface area (Å²) < 4.78 is 0. The van der Waals surface area contributed by atoms with Crippen molar-refractivity contribution in [1.82, 2.24) is 0 Å². The van der Waals surface area contributed by atoms with E-state index in [1.165, 1.54) is 0 Å². The van der Waals surface area contributed by atoms with Crippen LogP contribution in [0.4, 0.5) is 0 Å². The third-order valence-corrected chi connectivity index (χ3v) is 2.38. The van der Waals surface area contributed by atoms with E-state index in [0.29, 0.717) is 11.1 Å². The van der Waals surface area contributed by atoms with Gasteiger partial charge in [-0.05, 0) is 36.6 Å². The minimum absolute atomic E-state index is 0.239. The summed E-state index contributed by atoms with van der Waals surface area (Å²) in [7, 11) is 0. The summed E-state index contributed by atoms with van der Waals surface area (Å²) in [6, 6.07) is 3.49. The summed E-state index contributed by atoms with van der Waals surface area (Å²) in [6.07, 6.45) is 0. The Morgan fingerprint density at radius 1 is 1.38 bits per heavy atom. The van der Waals surface area contributed by atoms with Crippen molar-refractivity contribution in [2.75, 3.05) is 0 Å². The van der Waals surface area contributed by atoms with Crippen LogP contribution in [0.25, 0.3) is 0 Å². The van der Waals surface area contributed by atoms with E-state index in [0.717, 1.165) is 11.1 Å². The molecule has 1 rings (SSSR count). The highest BCUT2D eigenvalue weighted by Crippen LogP contribution is 2.17. The van der Waals surface area contributed by atoms with E-state index in [9.17, 15) is 4.79 Å². The number of halogens is 1. The lowest BCUT2D eigenvalue weighted by molar-refractivity contribution is 0.0696. The van der Waals surface area contributed by atoms with Gasteiger partial charge in [0, 0.05) is 5.88 Å². The molecule has 0 atom stereocenters. The fraction of sp³-hybridized carbons (Fsp3) is 0.300. The van der Waals surface area contributed by atoms with E-state index in [4.69, 9.17) is 16.7 Å². The van der Waals surface area contributed by atoms with Gasteiger partial charge in [0.1, 0.15) is 0 Å². The number of aryl methyl sites for hydroxylation is 2. The van der Waals surface area contributed by atoms with Gasteiger partial charge >= 0.3 is 5.97 Å². The van der Waals surface area contributed by atoms with Crippen LogP contribution in [0.3, 0.4) is 0 Å². The van der Waals surface area contributed by atoms with E-state index >= 15 is 0 Å². The van der Waals surface area contributed by atoms with E-state index in [-0.39, 0.29) is 5.88 Å². The lowest BCUT2D eigenvalue weighted by atomic mass is 10.0. The van der Waals surface area contributed by atoms with Gasteiger partial charge in [-0.1, -0.05) is 6.07 Å². The summed E-state index contributed by atoms with van der Waals surface area (Å²) in [4.78, 5) is 10.8. The molecule has 0 aliphatic heterocycles. The zero-order valence-electron chi connectivity index (χ0n) is 7.60. The van der Waals surface area contributed by atoms with Crippen molar-refractivity contribution in [3.63, 3.8) is 0 Å². The first kappa shape index (κ1) is 10.1. The molecule has 1 aromatic rings. The molecule has 0 fully saturated rings. The van der Waals surface area contributed by atoms with Crippen LogP contribution in [0.15, 0.2) is 12.1 Å². The monoisotopic (exact) mass is 198 g/mol. The van der Waals surface area contributed by atoms with Crippen molar-refractivity contribution < 1.29 is 9.90 Å². The summed E-state index contributed by atoms with van der Waals surface area (Å²) >= 11 is 5.64. The molecule has 0 bridgehead atoms. The fourth-order valence-electron chi connectivity index (χ4n) is 1.19. The highest BCUT2D eigenvalue weighted by atomic mass is 35.5. The third-order valence-electron chi connectivity index (χ3n) is 2.09. The van der Waals surface area contributed by atoms with Crippen LogP contribution >= 0.6 is 11.6 Å². The van der Waals surface area contributed by atoms with Crippen LogP contribution < -0.4 is 0 Å². The topological polar surface area (TPSA) is 37.3 Å². The van der Waals surface area contributed by atoms with Gasteiger partial charge < -0.3 is 5.11 Å². The zero-order valence-corrected chi connectivity index (χ0v) is 8.35. The molecule has 0 aliphatic rings. The van der Waals surface area contributed by atoms with E-state index in [2.05, 4.69) is 0 Å². The number of carbonyl (C=O) groups is 1. The van der Waals surface area contributed by atoms with Gasteiger partial charge in [0.05, 0.1) is 5.56 Å². The maximum Gasteiger partial charge on any atom is 0.336 e. The van der Waals surface area contributed by atoms with Gasteiger partial charge in [-0.3, -0.25) is 0 Å². The summed E-state index contributed by atoms with van der Waals surface area (Å²) in [5, 5.41) is 8.85. The fourth-order valence-corrected chi connectivity index (χ4v) is 1.41. The highest BCUT2D eigenvalue weighted by molar-refractivity contribution is 6.17. The van der Waals surface area contributed by atoms with Crippen molar-refractivity contribution in [3.05, 3.63) is 34.4 Å². The largest absolute Gasteiger partial charge is 0.478 e. The normalized spacial score (nSPS) is 10.1. The molecule has 13 heavy (non-hydrogen) atoms. The van der Waals surface area contributed by atoms with Crippen molar-refractivity contribution in [2.24, 2.45) is 0 Å². The number of alkyl halides is 1. The molecule has 1 aromatic carbocycles. The van der Waals surface area contributed by atoms with Crippen LogP contribution in [-0.4, -0.2) is 11.1 Å². The van der Waals surface area contributed by atoms with E-state index in [1.54, 1.807) is 6.07 Å². The van der Waals surface area contributed by atoms with Crippen LogP contribution in [0.5, 0.6) is 0 Å². The Kier molecular flexibility index (Phi) is 2.94. The summed E-state index contributed by atoms with van der Waals surface area (Å²) in [6.45, 7) is 3.83. The molecule has 0 aromatic heterocycles. The Morgan fingerprint density at radius 3 is 2.38 bits per heavy atom. The molecule has 0 saturated heterocycles. The predicted octanol–water partition coefficient (Wildman–Crippen LogP) is 2.74. The average Bonchev–Trinajstić information content (AvgIpc) is 2.08. The lowest BCUT2D eigenvalue weighted by Gasteiger charge is -2.06. The zero-order chi connectivity index (χ0) is 10.0. The standard InChI is InChI=1S/C10H11ClO2/c1-6-3-8(5-11)9(10(12)13)4-7(6)2/h3-4H,5H2,1-2H3,(H,12,13). The van der Waals surface area contributed by atoms with Gasteiger partial charge in [0.2, 0.25) is 0 Å². The number of hydrogen-bond donors (Lipinski definition) is 1. The molecule has 0 amide bonds. The maximum atomic E-state index is 10.8. The van der Waals surface area contributed by atoms with Crippen LogP contribution in [0.1, 0.15) is 27.0 Å². The number of carboxylic acid groups (broad SMARTS) is 1. The first-order valence-electron chi connectivity index (χ1n) is 3.95. The number of rotatable bonds is 2. The predicted molar refractivity (Wildman–Crippen MR) is 52.4 cm³/mol. The van der Waals surface area contributed by atoms with Gasteiger partial charge in [-0.2, -0.15) is 0 Å². The highest BCUT2D eigenvalue weighted by Gasteiger charge is 2.10. The smallest absolute Gasteiger partial charge is 0.336 e. The molecule has 70 valence electrons. The Hall–Kier alpha value is -1.02. The van der Waals surface area contributed by atoms with Crippen LogP contribution in [0, 0.1) is 13.8 Å². The quantitative estimate of drug-likeness (QED) is 0.742. The molecule has 0 heterocycles. The van der Waals surface area contributed by atoms with Gasteiger partial charge in [-0.25, -0.2) is 4.79 Å². The maximum absolute atomic E-state index is 10.8. The Labute approximate surface area is 82.2 Å². The summed E-state index contributed by atoms with van der Waals surface area (Å²) in [5.41, 5.74) is 3.03. The van der Waals surface area contributed by atoms with Gasteiger partial charge in [0.25, 0.3) is 0 Å². The minimum atomic E-state index is -0.918. The summed E-state index contributed by atoms with van der Waals surface area (Å²) in [5.74, 6) is -0.679. The third kappa shape index (κ3) is 2.01. The molecule has 0 unspecified atom stereocenters. The molecule has 0 spiro atoms. The van der Waals surface area contributed by atoms with Crippen molar-refractivity contribution in [2.45, 2.75) is 19.7 Å². The SMILES string of the molecule is Cc1cc(CCl)c(C(=O)O)cc1C. The minimum Gasteiger partial charge on any atom is -0.478 e. The number of hydrogen-bond acceptors (Lipinski definition) is 1. The number of benzene rings is 1. The van der Waals surface area contributed by atoms with E-state index in [1.807, 2.05) is 19.9 Å². The Bertz CT molecular complexity index is 345. The van der Waals surface area contributed by atoms with Gasteiger partial charge in [-0.15, -0.1) is 11.6 Å². The number of aromatic carboxylic acids is 1. The number of carboxylic acids is 1. The van der Waals surface area contributed by atoms with Crippen molar-refractivity contribution in [3.8, 4) is 0 Å². The van der Waals surface area contributed by atoms with E-state index < -0.39 is 5.97 Å². The second-order valence-corrected chi connectivity index (χ2v) is 3.30. The molecule has 0 saturated carbocycles. The average molecular weight is 199 g/mol. The Morgan fingerprint density at radius 2 is 1.92 bits per heavy atom. The van der Waals surface area contributed by atoms with Crippen molar-refractivity contribution >= 4 is 17.6 Å². The van der Waals surface area contributed by atoms with Gasteiger partial charge in [0.15, 0.2) is 0 Å². The molecule has 1 N–H and O–H groups in total. The first-order chi connectivity index (χ1) is 6.06. The molecule has 0 radical (unpaired) electrons. The van der Waals surface area contributed by atoms with Crippen LogP contribution in [-0.2, 0) is 5.88 Å². The lowest BCUT2D eigenvalue weighted by Crippen LogP contribution is -2.02. The molecular weight excluding hydrogens is 188 g/mol. The molecule has 2 nitrogen and oxygen atoms in total. The second kappa shape index (κ2) is 3.79. The molecular formula is C10H11ClO2. The van der Waals surface area contributed by atoms with Crippen molar-refractivity contribution in [1.29, 1.82) is 0 Å². The second-order valence-electron chi connectivity index (χ2n) is 3.03. The molecule has 3 heteroatoms. The Balaban J connectivity index is 3.33.